The fourth-order valence-corrected chi connectivity index (χ4v) is 4.79. The third-order valence-corrected chi connectivity index (χ3v) is 6.05. The van der Waals surface area contributed by atoms with Gasteiger partial charge in [-0.2, -0.15) is 4.31 Å². The first-order valence-electron chi connectivity index (χ1n) is 7.22. The number of hydrogen-bond acceptors (Lipinski definition) is 4. The van der Waals surface area contributed by atoms with E-state index in [-0.39, 0.29) is 18.4 Å². The van der Waals surface area contributed by atoms with Crippen molar-refractivity contribution in [1.29, 1.82) is 0 Å². The van der Waals surface area contributed by atoms with Crippen LogP contribution >= 0.6 is 12.4 Å². The van der Waals surface area contributed by atoms with E-state index in [0.29, 0.717) is 23.7 Å². The normalized spacial score (nSPS) is 19.5. The van der Waals surface area contributed by atoms with Crippen molar-refractivity contribution in [1.82, 2.24) is 9.62 Å². The van der Waals surface area contributed by atoms with Crippen LogP contribution in [0.5, 0.6) is 5.75 Å². The average Bonchev–Trinajstić information content (AvgIpc) is 2.46. The van der Waals surface area contributed by atoms with E-state index in [0.717, 1.165) is 24.0 Å². The average molecular weight is 349 g/mol. The SMILES string of the molecule is CNC1CCCN(S(=O)(=O)c2c(C)cc(C)cc2OC)C1.Cl. The lowest BCUT2D eigenvalue weighted by molar-refractivity contribution is 0.291. The van der Waals surface area contributed by atoms with E-state index in [2.05, 4.69) is 5.32 Å². The molecule has 126 valence electrons. The molecule has 1 N–H and O–H groups in total. The van der Waals surface area contributed by atoms with Gasteiger partial charge >= 0.3 is 0 Å². The van der Waals surface area contributed by atoms with Gasteiger partial charge in [0, 0.05) is 19.1 Å². The second-order valence-corrected chi connectivity index (χ2v) is 7.48. The Morgan fingerprint density at radius 3 is 2.59 bits per heavy atom. The molecule has 1 aromatic rings. The number of nitrogens with one attached hydrogen (secondary N) is 1. The number of methoxy groups -OCH3 is 1. The van der Waals surface area contributed by atoms with Gasteiger partial charge in [0.15, 0.2) is 0 Å². The Kier molecular flexibility index (Phi) is 6.67. The maximum atomic E-state index is 13.0. The summed E-state index contributed by atoms with van der Waals surface area (Å²) in [5.41, 5.74) is 1.73. The molecule has 1 unspecified atom stereocenters. The first-order chi connectivity index (χ1) is 9.90. The highest BCUT2D eigenvalue weighted by Crippen LogP contribution is 2.32. The molecular weight excluding hydrogens is 324 g/mol. The summed E-state index contributed by atoms with van der Waals surface area (Å²) in [6.45, 7) is 4.83. The molecule has 1 fully saturated rings. The van der Waals surface area contributed by atoms with Crippen LogP contribution in [0, 0.1) is 13.8 Å². The summed E-state index contributed by atoms with van der Waals surface area (Å²) >= 11 is 0. The number of ether oxygens (including phenoxy) is 1. The van der Waals surface area contributed by atoms with E-state index in [1.807, 2.05) is 27.0 Å². The molecule has 0 aliphatic carbocycles. The number of piperidine rings is 1. The highest BCUT2D eigenvalue weighted by atomic mass is 35.5. The van der Waals surface area contributed by atoms with E-state index in [1.165, 1.54) is 7.11 Å². The van der Waals surface area contributed by atoms with Crippen LogP contribution in [-0.4, -0.2) is 46.0 Å². The Labute approximate surface area is 139 Å². The van der Waals surface area contributed by atoms with Gasteiger partial charge in [-0.3, -0.25) is 0 Å². The van der Waals surface area contributed by atoms with Gasteiger partial charge < -0.3 is 10.1 Å². The molecule has 1 aliphatic rings. The minimum absolute atomic E-state index is 0. The second kappa shape index (κ2) is 7.64. The predicted octanol–water partition coefficient (Wildman–Crippen LogP) is 2.11. The Balaban J connectivity index is 0.00000242. The monoisotopic (exact) mass is 348 g/mol. The minimum atomic E-state index is -3.53. The quantitative estimate of drug-likeness (QED) is 0.905. The standard InChI is InChI=1S/C15H24N2O3S.ClH/c1-11-8-12(2)15(14(9-11)20-4)21(18,19)17-7-5-6-13(10-17)16-3;/h8-9,13,16H,5-7,10H2,1-4H3;1H. The summed E-state index contributed by atoms with van der Waals surface area (Å²) in [6.07, 6.45) is 1.88. The molecule has 0 radical (unpaired) electrons. The molecule has 0 aromatic heterocycles. The van der Waals surface area contributed by atoms with Crippen molar-refractivity contribution in [3.8, 4) is 5.75 Å². The zero-order valence-electron chi connectivity index (χ0n) is 13.5. The first-order valence-corrected chi connectivity index (χ1v) is 8.66. The van der Waals surface area contributed by atoms with Gasteiger partial charge in [0.1, 0.15) is 10.6 Å². The minimum Gasteiger partial charge on any atom is -0.495 e. The molecule has 5 nitrogen and oxygen atoms in total. The van der Waals surface area contributed by atoms with Gasteiger partial charge in [-0.1, -0.05) is 6.07 Å². The Morgan fingerprint density at radius 1 is 1.32 bits per heavy atom. The Morgan fingerprint density at radius 2 is 2.00 bits per heavy atom. The third kappa shape index (κ3) is 3.74. The molecule has 0 bridgehead atoms. The van der Waals surface area contributed by atoms with Gasteiger partial charge in [-0.15, -0.1) is 12.4 Å². The van der Waals surface area contributed by atoms with E-state index in [4.69, 9.17) is 4.74 Å². The molecule has 0 spiro atoms. The number of hydrogen-bond donors (Lipinski definition) is 1. The topological polar surface area (TPSA) is 58.6 Å². The lowest BCUT2D eigenvalue weighted by atomic mass is 10.1. The first kappa shape index (κ1) is 19.2. The summed E-state index contributed by atoms with van der Waals surface area (Å²) in [4.78, 5) is 0.298. The number of sulfonamides is 1. The van der Waals surface area contributed by atoms with Crippen LogP contribution in [0.15, 0.2) is 17.0 Å². The van der Waals surface area contributed by atoms with Gasteiger partial charge in [0.25, 0.3) is 0 Å². The summed E-state index contributed by atoms with van der Waals surface area (Å²) in [5.74, 6) is 0.430. The van der Waals surface area contributed by atoms with Gasteiger partial charge in [-0.05, 0) is 50.9 Å². The maximum absolute atomic E-state index is 13.0. The molecule has 0 saturated carbocycles. The van der Waals surface area contributed by atoms with E-state index >= 15 is 0 Å². The number of rotatable bonds is 4. The van der Waals surface area contributed by atoms with Gasteiger partial charge in [0.05, 0.1) is 7.11 Å². The fraction of sp³-hybridized carbons (Fsp3) is 0.600. The van der Waals surface area contributed by atoms with Crippen molar-refractivity contribution in [2.45, 2.75) is 37.6 Å². The summed E-state index contributed by atoms with van der Waals surface area (Å²) in [5, 5.41) is 3.17. The van der Waals surface area contributed by atoms with Crippen molar-refractivity contribution in [3.05, 3.63) is 23.3 Å². The number of benzene rings is 1. The Bertz CT molecular complexity index is 619. The van der Waals surface area contributed by atoms with Crippen molar-refractivity contribution < 1.29 is 13.2 Å². The Hall–Kier alpha value is -0.820. The highest BCUT2D eigenvalue weighted by molar-refractivity contribution is 7.89. The predicted molar refractivity (Wildman–Crippen MR) is 90.6 cm³/mol. The highest BCUT2D eigenvalue weighted by Gasteiger charge is 2.33. The zero-order valence-corrected chi connectivity index (χ0v) is 15.2. The van der Waals surface area contributed by atoms with Crippen molar-refractivity contribution in [3.63, 3.8) is 0 Å². The van der Waals surface area contributed by atoms with Crippen LogP contribution in [0.3, 0.4) is 0 Å². The lowest BCUT2D eigenvalue weighted by Crippen LogP contribution is -2.47. The van der Waals surface area contributed by atoms with E-state index in [9.17, 15) is 8.42 Å². The van der Waals surface area contributed by atoms with Crippen LogP contribution in [0.1, 0.15) is 24.0 Å². The summed E-state index contributed by atoms with van der Waals surface area (Å²) < 4.78 is 32.8. The van der Waals surface area contributed by atoms with Crippen molar-refractivity contribution in [2.24, 2.45) is 0 Å². The van der Waals surface area contributed by atoms with Crippen LogP contribution in [-0.2, 0) is 10.0 Å². The lowest BCUT2D eigenvalue weighted by Gasteiger charge is -2.32. The van der Waals surface area contributed by atoms with Crippen LogP contribution in [0.25, 0.3) is 0 Å². The summed E-state index contributed by atoms with van der Waals surface area (Å²) in [7, 11) is -0.140. The zero-order chi connectivity index (χ0) is 15.6. The molecule has 2 rings (SSSR count). The molecule has 7 heteroatoms. The second-order valence-electron chi connectivity index (χ2n) is 5.60. The molecule has 1 heterocycles. The molecule has 1 aromatic carbocycles. The van der Waals surface area contributed by atoms with Crippen LogP contribution in [0.4, 0.5) is 0 Å². The van der Waals surface area contributed by atoms with Crippen molar-refractivity contribution in [2.75, 3.05) is 27.2 Å². The van der Waals surface area contributed by atoms with E-state index in [1.54, 1.807) is 10.4 Å². The molecule has 1 aliphatic heterocycles. The number of nitrogens with zero attached hydrogens (tertiary/aromatic N) is 1. The third-order valence-electron chi connectivity index (χ3n) is 4.00. The maximum Gasteiger partial charge on any atom is 0.247 e. The van der Waals surface area contributed by atoms with Crippen LogP contribution < -0.4 is 10.1 Å². The molecule has 1 atom stereocenters. The smallest absolute Gasteiger partial charge is 0.247 e. The van der Waals surface area contributed by atoms with E-state index < -0.39 is 10.0 Å². The number of aryl methyl sites for hydroxylation is 2. The largest absolute Gasteiger partial charge is 0.495 e. The summed E-state index contributed by atoms with van der Waals surface area (Å²) in [6, 6.07) is 3.87. The molecular formula is C15H25ClN2O3S. The van der Waals surface area contributed by atoms with Gasteiger partial charge in [-0.25, -0.2) is 8.42 Å². The number of halogens is 1. The van der Waals surface area contributed by atoms with Gasteiger partial charge in [0.2, 0.25) is 10.0 Å². The van der Waals surface area contributed by atoms with Crippen LogP contribution in [0.2, 0.25) is 0 Å². The fourth-order valence-electron chi connectivity index (χ4n) is 2.92. The number of likely N-dealkylation sites (N-methyl/N-ethyl adjacent to an activating group) is 1. The molecule has 22 heavy (non-hydrogen) atoms. The van der Waals surface area contributed by atoms with Crippen molar-refractivity contribution >= 4 is 22.4 Å². The molecule has 1 saturated heterocycles. The molecule has 0 amide bonds.